The van der Waals surface area contributed by atoms with Crippen LogP contribution in [-0.4, -0.2) is 75.6 Å². The first-order valence-corrected chi connectivity index (χ1v) is 12.2. The fraction of sp³-hybridized carbons (Fsp3) is 0.619. The molecule has 0 saturated carbocycles. The van der Waals surface area contributed by atoms with Gasteiger partial charge in [-0.25, -0.2) is 0 Å². The molecular formula is C21H27N3O5S. The molecule has 0 radical (unpaired) electrons. The van der Waals surface area contributed by atoms with Crippen molar-refractivity contribution in [1.29, 1.82) is 0 Å². The first-order valence-electron chi connectivity index (χ1n) is 10.7. The Morgan fingerprint density at radius 3 is 2.53 bits per heavy atom. The summed E-state index contributed by atoms with van der Waals surface area (Å²) in [7, 11) is -3.65. The van der Waals surface area contributed by atoms with Crippen molar-refractivity contribution in [3.8, 4) is 0 Å². The maximum Gasteiger partial charge on any atom is 0.285 e. The number of hydrogen-bond donors (Lipinski definition) is 0. The molecule has 0 N–H and O–H groups in total. The Bertz CT molecular complexity index is 949. The van der Waals surface area contributed by atoms with E-state index >= 15 is 0 Å². The highest BCUT2D eigenvalue weighted by atomic mass is 32.2. The third-order valence-electron chi connectivity index (χ3n) is 6.57. The molecule has 9 heteroatoms. The van der Waals surface area contributed by atoms with Gasteiger partial charge in [-0.15, -0.1) is 4.40 Å². The molecule has 1 atom stereocenters. The minimum Gasteiger partial charge on any atom is -0.355 e. The van der Waals surface area contributed by atoms with E-state index in [0.29, 0.717) is 43.6 Å². The van der Waals surface area contributed by atoms with Gasteiger partial charge in [0.15, 0.2) is 12.1 Å². The van der Waals surface area contributed by atoms with Gasteiger partial charge in [0.2, 0.25) is 5.91 Å². The summed E-state index contributed by atoms with van der Waals surface area (Å²) in [6, 6.07) is 6.92. The van der Waals surface area contributed by atoms with Gasteiger partial charge in [0.1, 0.15) is 4.90 Å². The first-order chi connectivity index (χ1) is 14.5. The van der Waals surface area contributed by atoms with Crippen LogP contribution >= 0.6 is 0 Å². The van der Waals surface area contributed by atoms with E-state index in [1.807, 2.05) is 15.9 Å². The van der Waals surface area contributed by atoms with Crippen LogP contribution in [0.3, 0.4) is 0 Å². The zero-order valence-electron chi connectivity index (χ0n) is 16.9. The molecule has 1 aromatic carbocycles. The van der Waals surface area contributed by atoms with Gasteiger partial charge in [0.25, 0.3) is 10.0 Å². The standard InChI is InChI=1S/C21H27N3O5S/c25-20(23-10-7-15(8-11-23)21-28-12-13-29-21)16-4-3-9-24(14-16)19-17-5-1-2-6-18(17)30(26,27)22-19/h1-2,5-6,15-16,21H,3-4,7-14H2. The van der Waals surface area contributed by atoms with Crippen LogP contribution in [0.15, 0.2) is 33.6 Å². The number of ether oxygens (including phenoxy) is 2. The molecule has 3 saturated heterocycles. The number of amidine groups is 1. The van der Waals surface area contributed by atoms with E-state index in [-0.39, 0.29) is 23.0 Å². The second-order valence-corrected chi connectivity index (χ2v) is 10.0. The van der Waals surface area contributed by atoms with Gasteiger partial charge in [-0.2, -0.15) is 8.42 Å². The Labute approximate surface area is 176 Å². The summed E-state index contributed by atoms with van der Waals surface area (Å²) in [5, 5.41) is 0. The van der Waals surface area contributed by atoms with E-state index in [2.05, 4.69) is 4.40 Å². The van der Waals surface area contributed by atoms with E-state index < -0.39 is 10.0 Å². The van der Waals surface area contributed by atoms with Crippen molar-refractivity contribution in [3.63, 3.8) is 0 Å². The minimum atomic E-state index is -3.65. The Balaban J connectivity index is 1.25. The van der Waals surface area contributed by atoms with Crippen molar-refractivity contribution in [1.82, 2.24) is 9.80 Å². The van der Waals surface area contributed by atoms with Gasteiger partial charge in [0, 0.05) is 37.7 Å². The fourth-order valence-corrected chi connectivity index (χ4v) is 6.21. The van der Waals surface area contributed by atoms with Crippen LogP contribution in [0.25, 0.3) is 0 Å². The Hall–Kier alpha value is -1.97. The van der Waals surface area contributed by atoms with Gasteiger partial charge in [0.05, 0.1) is 19.1 Å². The number of likely N-dealkylation sites (tertiary alicyclic amines) is 2. The Morgan fingerprint density at radius 1 is 1.03 bits per heavy atom. The highest BCUT2D eigenvalue weighted by Crippen LogP contribution is 2.31. The van der Waals surface area contributed by atoms with Crippen molar-refractivity contribution < 1.29 is 22.7 Å². The number of rotatable bonds is 2. The monoisotopic (exact) mass is 433 g/mol. The SMILES string of the molecule is O=C(C1CCCN(C2=NS(=O)(=O)c3ccccc32)C1)N1CCC(C2OCCO2)CC1. The average molecular weight is 434 g/mol. The quantitative estimate of drug-likeness (QED) is 0.702. The summed E-state index contributed by atoms with van der Waals surface area (Å²) in [6.07, 6.45) is 3.34. The minimum absolute atomic E-state index is 0.116. The number of nitrogens with zero attached hydrogens (tertiary/aromatic N) is 3. The van der Waals surface area contributed by atoms with Crippen molar-refractivity contribution in [3.05, 3.63) is 29.8 Å². The van der Waals surface area contributed by atoms with Crippen molar-refractivity contribution in [2.75, 3.05) is 39.4 Å². The van der Waals surface area contributed by atoms with Crippen molar-refractivity contribution >= 4 is 21.8 Å². The van der Waals surface area contributed by atoms with Gasteiger partial charge in [-0.3, -0.25) is 4.79 Å². The molecule has 4 aliphatic rings. The summed E-state index contributed by atoms with van der Waals surface area (Å²) in [5.74, 6) is 0.875. The zero-order chi connectivity index (χ0) is 20.7. The fourth-order valence-electron chi connectivity index (χ4n) is 4.99. The topological polar surface area (TPSA) is 88.5 Å². The van der Waals surface area contributed by atoms with E-state index in [4.69, 9.17) is 9.47 Å². The lowest BCUT2D eigenvalue weighted by Gasteiger charge is -2.39. The van der Waals surface area contributed by atoms with Crippen LogP contribution in [0.2, 0.25) is 0 Å². The van der Waals surface area contributed by atoms with Crippen LogP contribution < -0.4 is 0 Å². The molecule has 0 aliphatic carbocycles. The first kappa shape index (κ1) is 20.0. The normalized spacial score (nSPS) is 27.2. The number of fused-ring (bicyclic) bond motifs is 1. The maximum absolute atomic E-state index is 13.2. The number of carbonyl (C=O) groups is 1. The lowest BCUT2D eigenvalue weighted by molar-refractivity contribution is -0.142. The van der Waals surface area contributed by atoms with Crippen LogP contribution in [0.1, 0.15) is 31.2 Å². The summed E-state index contributed by atoms with van der Waals surface area (Å²) in [4.78, 5) is 17.4. The molecule has 1 unspecified atom stereocenters. The highest BCUT2D eigenvalue weighted by molar-refractivity contribution is 7.90. The van der Waals surface area contributed by atoms with Crippen LogP contribution in [0, 0.1) is 11.8 Å². The molecule has 4 heterocycles. The molecular weight excluding hydrogens is 406 g/mol. The van der Waals surface area contributed by atoms with E-state index in [0.717, 1.165) is 38.8 Å². The summed E-state index contributed by atoms with van der Waals surface area (Å²) in [5.41, 5.74) is 0.642. The molecule has 30 heavy (non-hydrogen) atoms. The van der Waals surface area contributed by atoms with Gasteiger partial charge >= 0.3 is 0 Å². The lowest BCUT2D eigenvalue weighted by atomic mass is 9.92. The molecule has 1 aromatic rings. The zero-order valence-corrected chi connectivity index (χ0v) is 17.7. The van der Waals surface area contributed by atoms with E-state index in [1.54, 1.807) is 18.2 Å². The number of piperidine rings is 2. The summed E-state index contributed by atoms with van der Waals surface area (Å²) in [6.45, 7) is 3.98. The van der Waals surface area contributed by atoms with Gasteiger partial charge < -0.3 is 19.3 Å². The molecule has 162 valence electrons. The van der Waals surface area contributed by atoms with Crippen LogP contribution in [0.5, 0.6) is 0 Å². The van der Waals surface area contributed by atoms with E-state index in [1.165, 1.54) is 0 Å². The molecule has 0 spiro atoms. The predicted molar refractivity (Wildman–Crippen MR) is 109 cm³/mol. The molecule has 1 amide bonds. The van der Waals surface area contributed by atoms with Crippen LogP contribution in [-0.2, 0) is 24.3 Å². The van der Waals surface area contributed by atoms with Gasteiger partial charge in [-0.1, -0.05) is 12.1 Å². The van der Waals surface area contributed by atoms with Crippen molar-refractivity contribution in [2.45, 2.75) is 36.9 Å². The smallest absolute Gasteiger partial charge is 0.285 e. The number of hydrogen-bond acceptors (Lipinski definition) is 6. The number of amides is 1. The largest absolute Gasteiger partial charge is 0.355 e. The van der Waals surface area contributed by atoms with E-state index in [9.17, 15) is 13.2 Å². The molecule has 0 bridgehead atoms. The molecule has 3 fully saturated rings. The summed E-state index contributed by atoms with van der Waals surface area (Å²) < 4.78 is 40.1. The third kappa shape index (κ3) is 3.63. The second kappa shape index (κ2) is 7.94. The van der Waals surface area contributed by atoms with Crippen molar-refractivity contribution in [2.24, 2.45) is 16.2 Å². The Kier molecular flexibility index (Phi) is 5.28. The number of sulfonamides is 1. The second-order valence-electron chi connectivity index (χ2n) is 8.44. The highest BCUT2D eigenvalue weighted by Gasteiger charge is 2.38. The van der Waals surface area contributed by atoms with Crippen LogP contribution in [0.4, 0.5) is 0 Å². The molecule has 5 rings (SSSR count). The average Bonchev–Trinajstić information content (AvgIpc) is 3.41. The molecule has 4 aliphatic heterocycles. The molecule has 8 nitrogen and oxygen atoms in total. The third-order valence-corrected chi connectivity index (χ3v) is 7.89. The molecule has 0 aromatic heterocycles. The summed E-state index contributed by atoms with van der Waals surface area (Å²) >= 11 is 0. The number of benzene rings is 1. The predicted octanol–water partition coefficient (Wildman–Crippen LogP) is 1.46. The number of carbonyl (C=O) groups excluding carboxylic acids is 1. The Morgan fingerprint density at radius 2 is 1.77 bits per heavy atom. The lowest BCUT2D eigenvalue weighted by Crippen LogP contribution is -2.49. The van der Waals surface area contributed by atoms with Gasteiger partial charge in [-0.05, 0) is 37.8 Å². The maximum atomic E-state index is 13.2.